The molecule has 0 bridgehead atoms. The highest BCUT2D eigenvalue weighted by molar-refractivity contribution is 5.80. The highest BCUT2D eigenvalue weighted by Gasteiger charge is 2.14. The third-order valence-corrected chi connectivity index (χ3v) is 4.42. The van der Waals surface area contributed by atoms with Crippen molar-refractivity contribution in [2.75, 3.05) is 7.11 Å². The fourth-order valence-electron chi connectivity index (χ4n) is 2.91. The van der Waals surface area contributed by atoms with Crippen LogP contribution in [0.15, 0.2) is 57.9 Å². The number of carboxylic acids is 1. The molecule has 0 aliphatic heterocycles. The molecule has 0 unspecified atom stereocenters. The third kappa shape index (κ3) is 4.03. The minimum Gasteiger partial charge on any atom is -0.548 e. The van der Waals surface area contributed by atoms with Crippen molar-refractivity contribution in [1.82, 2.24) is 0 Å². The lowest BCUT2D eigenvalue weighted by atomic mass is 10.0. The molecule has 1 aromatic heterocycles. The summed E-state index contributed by atoms with van der Waals surface area (Å²) in [5.74, 6) is -0.0143. The van der Waals surface area contributed by atoms with E-state index in [-0.39, 0.29) is 5.92 Å². The SMILES string of the molecule is COc1ccc(-c2cc(=N[C@H](C(=O)[O-])C(C)C)c3cc(C)ccc3o2)cc1. The summed E-state index contributed by atoms with van der Waals surface area (Å²) in [4.78, 5) is 16.0. The van der Waals surface area contributed by atoms with Crippen LogP contribution in [0.1, 0.15) is 19.4 Å². The number of hydrogen-bond acceptors (Lipinski definition) is 5. The Hall–Kier alpha value is -3.08. The van der Waals surface area contributed by atoms with Gasteiger partial charge in [0.1, 0.15) is 17.1 Å². The molecule has 0 fully saturated rings. The number of carboxylic acid groups (broad SMARTS) is 1. The maximum atomic E-state index is 11.5. The number of carbonyl (C=O) groups excluding carboxylic acids is 1. The van der Waals surface area contributed by atoms with Crippen LogP contribution >= 0.6 is 0 Å². The summed E-state index contributed by atoms with van der Waals surface area (Å²) in [6.45, 7) is 5.60. The molecule has 0 spiro atoms. The summed E-state index contributed by atoms with van der Waals surface area (Å²) in [5.41, 5.74) is 2.54. The lowest BCUT2D eigenvalue weighted by Crippen LogP contribution is -2.39. The Morgan fingerprint density at radius 3 is 2.41 bits per heavy atom. The van der Waals surface area contributed by atoms with Crippen molar-refractivity contribution in [3.8, 4) is 17.1 Å². The van der Waals surface area contributed by atoms with Crippen LogP contribution in [0.3, 0.4) is 0 Å². The fourth-order valence-corrected chi connectivity index (χ4v) is 2.91. The normalized spacial score (nSPS) is 13.1. The van der Waals surface area contributed by atoms with E-state index in [1.54, 1.807) is 13.2 Å². The second kappa shape index (κ2) is 7.66. The number of carbonyl (C=O) groups is 1. The van der Waals surface area contributed by atoms with E-state index in [1.807, 2.05) is 63.2 Å². The monoisotopic (exact) mass is 364 g/mol. The second-order valence-electron chi connectivity index (χ2n) is 6.86. The van der Waals surface area contributed by atoms with E-state index in [2.05, 4.69) is 4.99 Å². The number of ether oxygens (including phenoxy) is 1. The molecule has 1 atom stereocenters. The number of aryl methyl sites for hydroxylation is 1. The molecule has 0 N–H and O–H groups in total. The summed E-state index contributed by atoms with van der Waals surface area (Å²) >= 11 is 0. The molecule has 0 aliphatic rings. The topological polar surface area (TPSA) is 74.9 Å². The van der Waals surface area contributed by atoms with Gasteiger partial charge in [-0.2, -0.15) is 0 Å². The Balaban J connectivity index is 2.26. The van der Waals surface area contributed by atoms with E-state index < -0.39 is 12.0 Å². The molecule has 0 saturated heterocycles. The number of methoxy groups -OCH3 is 1. The van der Waals surface area contributed by atoms with Gasteiger partial charge >= 0.3 is 0 Å². The summed E-state index contributed by atoms with van der Waals surface area (Å²) in [6.07, 6.45) is 0. The van der Waals surface area contributed by atoms with Crippen LogP contribution in [0.4, 0.5) is 0 Å². The molecule has 0 saturated carbocycles. The van der Waals surface area contributed by atoms with Crippen molar-refractivity contribution in [3.05, 3.63) is 59.5 Å². The zero-order chi connectivity index (χ0) is 19.6. The largest absolute Gasteiger partial charge is 0.548 e. The van der Waals surface area contributed by atoms with Crippen LogP contribution < -0.4 is 15.2 Å². The van der Waals surface area contributed by atoms with Crippen molar-refractivity contribution in [2.24, 2.45) is 10.9 Å². The highest BCUT2D eigenvalue weighted by atomic mass is 16.5. The van der Waals surface area contributed by atoms with Crippen molar-refractivity contribution in [3.63, 3.8) is 0 Å². The summed E-state index contributed by atoms with van der Waals surface area (Å²) < 4.78 is 11.3. The van der Waals surface area contributed by atoms with E-state index in [9.17, 15) is 9.90 Å². The van der Waals surface area contributed by atoms with Gasteiger partial charge in [-0.25, -0.2) is 0 Å². The van der Waals surface area contributed by atoms with Gasteiger partial charge in [-0.15, -0.1) is 0 Å². The Morgan fingerprint density at radius 2 is 1.81 bits per heavy atom. The summed E-state index contributed by atoms with van der Waals surface area (Å²) in [6, 6.07) is 14.1. The maximum Gasteiger partial charge on any atom is 0.136 e. The van der Waals surface area contributed by atoms with Crippen LogP contribution in [0.25, 0.3) is 22.3 Å². The molecule has 140 valence electrons. The first-order valence-corrected chi connectivity index (χ1v) is 8.82. The van der Waals surface area contributed by atoms with E-state index in [0.717, 1.165) is 22.3 Å². The summed E-state index contributed by atoms with van der Waals surface area (Å²) in [5, 5.41) is 12.9. The second-order valence-corrected chi connectivity index (χ2v) is 6.86. The molecule has 1 heterocycles. The Bertz CT molecular complexity index is 1030. The van der Waals surface area contributed by atoms with Crippen LogP contribution in [0.2, 0.25) is 0 Å². The first-order valence-electron chi connectivity index (χ1n) is 8.82. The van der Waals surface area contributed by atoms with Gasteiger partial charge in [0, 0.05) is 17.0 Å². The molecular formula is C22H22NO4-. The molecule has 0 amide bonds. The predicted octanol–water partition coefficient (Wildman–Crippen LogP) is 3.09. The van der Waals surface area contributed by atoms with Gasteiger partial charge in [0.2, 0.25) is 0 Å². The Labute approximate surface area is 157 Å². The van der Waals surface area contributed by atoms with Gasteiger partial charge in [0.25, 0.3) is 0 Å². The number of hydrogen-bond donors (Lipinski definition) is 0. The van der Waals surface area contributed by atoms with Crippen LogP contribution in [0.5, 0.6) is 5.75 Å². The maximum absolute atomic E-state index is 11.5. The van der Waals surface area contributed by atoms with Gasteiger partial charge in [-0.05, 0) is 49.2 Å². The first-order chi connectivity index (χ1) is 12.9. The molecular weight excluding hydrogens is 342 g/mol. The number of aliphatic carboxylic acids is 1. The molecule has 27 heavy (non-hydrogen) atoms. The average Bonchev–Trinajstić information content (AvgIpc) is 2.65. The van der Waals surface area contributed by atoms with Gasteiger partial charge < -0.3 is 19.1 Å². The van der Waals surface area contributed by atoms with Gasteiger partial charge in [-0.1, -0.05) is 25.5 Å². The van der Waals surface area contributed by atoms with Crippen LogP contribution in [-0.4, -0.2) is 19.1 Å². The fraction of sp³-hybridized carbons (Fsp3) is 0.273. The van der Waals surface area contributed by atoms with Gasteiger partial charge in [0.05, 0.1) is 24.5 Å². The molecule has 0 radical (unpaired) electrons. The van der Waals surface area contributed by atoms with Crippen molar-refractivity contribution < 1.29 is 19.1 Å². The number of benzene rings is 2. The number of rotatable bonds is 5. The Morgan fingerprint density at radius 1 is 1.11 bits per heavy atom. The van der Waals surface area contributed by atoms with Crippen LogP contribution in [0, 0.1) is 12.8 Å². The molecule has 5 nitrogen and oxygen atoms in total. The number of nitrogens with zero attached hydrogens (tertiary/aromatic N) is 1. The standard InChI is InChI=1S/C22H23NO4/c1-13(2)21(22(24)25)23-18-12-20(15-6-8-16(26-4)9-7-15)27-19-10-5-14(3)11-17(18)19/h5-13,21H,1-4H3,(H,24,25)/p-1/t21-/m0/s1. The third-order valence-electron chi connectivity index (χ3n) is 4.42. The van der Waals surface area contributed by atoms with Crippen molar-refractivity contribution in [2.45, 2.75) is 26.8 Å². The Kier molecular flexibility index (Phi) is 5.31. The van der Waals surface area contributed by atoms with E-state index in [1.165, 1.54) is 0 Å². The van der Waals surface area contributed by atoms with Crippen LogP contribution in [-0.2, 0) is 4.79 Å². The number of fused-ring (bicyclic) bond motifs is 1. The smallest absolute Gasteiger partial charge is 0.136 e. The molecule has 2 aromatic carbocycles. The molecule has 3 aromatic rings. The predicted molar refractivity (Wildman–Crippen MR) is 102 cm³/mol. The average molecular weight is 364 g/mol. The van der Waals surface area contributed by atoms with E-state index in [4.69, 9.17) is 9.15 Å². The van der Waals surface area contributed by atoms with E-state index >= 15 is 0 Å². The van der Waals surface area contributed by atoms with Crippen molar-refractivity contribution in [1.29, 1.82) is 0 Å². The van der Waals surface area contributed by atoms with Gasteiger partial charge in [-0.3, -0.25) is 4.99 Å². The minimum atomic E-state index is -1.18. The quantitative estimate of drug-likeness (QED) is 0.697. The molecule has 0 aliphatic carbocycles. The van der Waals surface area contributed by atoms with E-state index in [0.29, 0.717) is 16.7 Å². The molecule has 3 rings (SSSR count). The lowest BCUT2D eigenvalue weighted by molar-refractivity contribution is -0.308. The van der Waals surface area contributed by atoms with Crippen molar-refractivity contribution >= 4 is 16.9 Å². The molecule has 5 heteroatoms. The lowest BCUT2D eigenvalue weighted by Gasteiger charge is -2.17. The zero-order valence-corrected chi connectivity index (χ0v) is 15.9. The zero-order valence-electron chi connectivity index (χ0n) is 15.9. The summed E-state index contributed by atoms with van der Waals surface area (Å²) in [7, 11) is 1.61. The minimum absolute atomic E-state index is 0.184. The highest BCUT2D eigenvalue weighted by Crippen LogP contribution is 2.25. The van der Waals surface area contributed by atoms with Gasteiger partial charge in [0.15, 0.2) is 0 Å². The first kappa shape index (κ1) is 18.7.